The zero-order valence-electron chi connectivity index (χ0n) is 12.3. The first-order valence-corrected chi connectivity index (χ1v) is 7.09. The van der Waals surface area contributed by atoms with Crippen molar-refractivity contribution in [3.63, 3.8) is 0 Å². The van der Waals surface area contributed by atoms with Crippen LogP contribution < -0.4 is 15.5 Å². The number of carbonyl (C=O) groups excluding carboxylic acids is 1. The average molecular weight is 310 g/mol. The number of amides is 1. The molecule has 0 atom stereocenters. The Hall–Kier alpha value is -3.06. The first kappa shape index (κ1) is 13.6. The van der Waals surface area contributed by atoms with Gasteiger partial charge in [0.1, 0.15) is 5.75 Å². The molecular formula is C16H14N4O3. The van der Waals surface area contributed by atoms with Crippen LogP contribution in [-0.4, -0.2) is 27.8 Å². The molecule has 0 radical (unpaired) electrons. The second kappa shape index (κ2) is 4.99. The van der Waals surface area contributed by atoms with Crippen LogP contribution in [0, 0.1) is 0 Å². The van der Waals surface area contributed by atoms with Gasteiger partial charge in [0.15, 0.2) is 0 Å². The largest absolute Gasteiger partial charge is 0.497 e. The van der Waals surface area contributed by atoms with Gasteiger partial charge in [-0.15, -0.1) is 0 Å². The number of aromatic nitrogens is 2. The maximum Gasteiger partial charge on any atom is 0.274 e. The van der Waals surface area contributed by atoms with Gasteiger partial charge in [-0.05, 0) is 29.8 Å². The van der Waals surface area contributed by atoms with Crippen molar-refractivity contribution < 1.29 is 14.7 Å². The lowest BCUT2D eigenvalue weighted by Crippen LogP contribution is -2.20. The van der Waals surface area contributed by atoms with Gasteiger partial charge in [0.25, 0.3) is 5.91 Å². The van der Waals surface area contributed by atoms with Crippen molar-refractivity contribution in [2.75, 3.05) is 12.4 Å². The molecule has 1 aliphatic heterocycles. The van der Waals surface area contributed by atoms with Crippen LogP contribution >= 0.6 is 0 Å². The van der Waals surface area contributed by atoms with Crippen molar-refractivity contribution in [1.29, 1.82) is 0 Å². The number of hydrogen-bond acceptors (Lipinski definition) is 5. The van der Waals surface area contributed by atoms with E-state index in [0.717, 1.165) is 28.0 Å². The van der Waals surface area contributed by atoms with E-state index < -0.39 is 5.91 Å². The van der Waals surface area contributed by atoms with Crippen LogP contribution in [0.15, 0.2) is 36.4 Å². The Balaban J connectivity index is 1.95. The number of fused-ring (bicyclic) bond motifs is 5. The van der Waals surface area contributed by atoms with Crippen LogP contribution in [0.25, 0.3) is 16.7 Å². The minimum atomic E-state index is -0.543. The van der Waals surface area contributed by atoms with Crippen molar-refractivity contribution in [2.24, 2.45) is 0 Å². The summed E-state index contributed by atoms with van der Waals surface area (Å²) in [5.41, 5.74) is 5.67. The lowest BCUT2D eigenvalue weighted by molar-refractivity contribution is 0.0706. The fraction of sp³-hybridized carbons (Fsp3) is 0.125. The minimum absolute atomic E-state index is 0.384. The van der Waals surface area contributed by atoms with Crippen LogP contribution in [0.3, 0.4) is 0 Å². The molecule has 4 rings (SSSR count). The van der Waals surface area contributed by atoms with Crippen LogP contribution in [0.2, 0.25) is 0 Å². The third kappa shape index (κ3) is 2.01. The molecule has 3 aromatic rings. The number of hydroxylamine groups is 1. The molecule has 0 saturated heterocycles. The fourth-order valence-electron chi connectivity index (χ4n) is 2.85. The zero-order valence-corrected chi connectivity index (χ0v) is 12.3. The van der Waals surface area contributed by atoms with E-state index in [1.54, 1.807) is 24.7 Å². The number of nitrogens with one attached hydrogen (secondary N) is 2. The third-order valence-electron chi connectivity index (χ3n) is 3.99. The van der Waals surface area contributed by atoms with Gasteiger partial charge in [-0.2, -0.15) is 0 Å². The summed E-state index contributed by atoms with van der Waals surface area (Å²) in [7, 11) is 1.62. The highest BCUT2D eigenvalue weighted by Gasteiger charge is 2.21. The Morgan fingerprint density at radius 1 is 1.35 bits per heavy atom. The predicted molar refractivity (Wildman–Crippen MR) is 84.2 cm³/mol. The Morgan fingerprint density at radius 3 is 3.00 bits per heavy atom. The van der Waals surface area contributed by atoms with Gasteiger partial charge in [-0.25, -0.2) is 10.5 Å². The molecule has 1 aromatic heterocycles. The van der Waals surface area contributed by atoms with E-state index in [0.29, 0.717) is 18.1 Å². The number of imidazole rings is 1. The van der Waals surface area contributed by atoms with Crippen molar-refractivity contribution in [3.8, 4) is 11.4 Å². The number of methoxy groups -OCH3 is 1. The van der Waals surface area contributed by atoms with Gasteiger partial charge in [0.2, 0.25) is 5.95 Å². The summed E-state index contributed by atoms with van der Waals surface area (Å²) >= 11 is 0. The minimum Gasteiger partial charge on any atom is -0.497 e. The molecule has 0 bridgehead atoms. The first-order valence-electron chi connectivity index (χ1n) is 7.09. The highest BCUT2D eigenvalue weighted by Crippen LogP contribution is 2.32. The number of hydrogen-bond donors (Lipinski definition) is 3. The highest BCUT2D eigenvalue weighted by atomic mass is 16.5. The number of rotatable bonds is 2. The molecule has 0 unspecified atom stereocenters. The van der Waals surface area contributed by atoms with Gasteiger partial charge in [-0.3, -0.25) is 14.6 Å². The standard InChI is InChI=1S/C16H14N4O3/c1-23-11-4-5-13-12(7-11)18-16-17-8-10-3-2-9(15(21)19-22)6-14(10)20(13)16/h2-7,22H,8H2,1H3,(H,17,18)(H,19,21). The van der Waals surface area contributed by atoms with E-state index in [2.05, 4.69) is 10.3 Å². The first-order chi connectivity index (χ1) is 11.2. The Kier molecular flexibility index (Phi) is 2.95. The topological polar surface area (TPSA) is 88.4 Å². The van der Waals surface area contributed by atoms with Crippen molar-refractivity contribution >= 4 is 22.9 Å². The van der Waals surface area contributed by atoms with Crippen molar-refractivity contribution in [1.82, 2.24) is 15.0 Å². The number of anilines is 1. The summed E-state index contributed by atoms with van der Waals surface area (Å²) in [6, 6.07) is 11.0. The van der Waals surface area contributed by atoms with E-state index in [-0.39, 0.29) is 0 Å². The monoisotopic (exact) mass is 310 g/mol. The second-order valence-corrected chi connectivity index (χ2v) is 5.26. The summed E-state index contributed by atoms with van der Waals surface area (Å²) in [6.07, 6.45) is 0. The van der Waals surface area contributed by atoms with Crippen molar-refractivity contribution in [3.05, 3.63) is 47.5 Å². The summed E-state index contributed by atoms with van der Waals surface area (Å²) in [6.45, 7) is 0.622. The zero-order chi connectivity index (χ0) is 16.0. The molecule has 0 aliphatic carbocycles. The van der Waals surface area contributed by atoms with Crippen molar-refractivity contribution in [2.45, 2.75) is 6.54 Å². The molecular weight excluding hydrogens is 296 g/mol. The highest BCUT2D eigenvalue weighted by molar-refractivity contribution is 5.94. The van der Waals surface area contributed by atoms with Crippen LogP contribution in [0.4, 0.5) is 5.95 Å². The molecule has 1 aliphatic rings. The van der Waals surface area contributed by atoms with E-state index >= 15 is 0 Å². The Morgan fingerprint density at radius 2 is 2.22 bits per heavy atom. The van der Waals surface area contributed by atoms with E-state index in [4.69, 9.17) is 9.94 Å². The summed E-state index contributed by atoms with van der Waals surface area (Å²) in [4.78, 5) is 16.3. The molecule has 23 heavy (non-hydrogen) atoms. The molecule has 0 spiro atoms. The van der Waals surface area contributed by atoms with Gasteiger partial charge in [0.05, 0.1) is 23.8 Å². The molecule has 2 aromatic carbocycles. The number of carbonyl (C=O) groups is 1. The van der Waals surface area contributed by atoms with E-state index in [9.17, 15) is 4.79 Å². The Labute approximate surface area is 131 Å². The maximum absolute atomic E-state index is 11.7. The third-order valence-corrected chi connectivity index (χ3v) is 3.99. The molecule has 0 saturated carbocycles. The number of nitrogens with zero attached hydrogens (tertiary/aromatic N) is 2. The lowest BCUT2D eigenvalue weighted by Gasteiger charge is -2.21. The summed E-state index contributed by atoms with van der Waals surface area (Å²) < 4.78 is 7.20. The number of benzene rings is 2. The smallest absolute Gasteiger partial charge is 0.274 e. The van der Waals surface area contributed by atoms with Gasteiger partial charge >= 0.3 is 0 Å². The number of ether oxygens (including phenoxy) is 1. The maximum atomic E-state index is 11.7. The fourth-order valence-corrected chi connectivity index (χ4v) is 2.85. The molecule has 7 nitrogen and oxygen atoms in total. The quantitative estimate of drug-likeness (QED) is 0.498. The molecule has 116 valence electrons. The molecule has 2 heterocycles. The molecule has 3 N–H and O–H groups in total. The summed E-state index contributed by atoms with van der Waals surface area (Å²) in [5.74, 6) is 0.905. The lowest BCUT2D eigenvalue weighted by atomic mass is 10.1. The predicted octanol–water partition coefficient (Wildman–Crippen LogP) is 2.08. The SMILES string of the molecule is COc1ccc2c(c1)nc1n2-c2cc(C(=O)NO)ccc2CN1. The van der Waals surface area contributed by atoms with Crippen LogP contribution in [0.5, 0.6) is 5.75 Å². The van der Waals surface area contributed by atoms with Gasteiger partial charge in [0, 0.05) is 18.2 Å². The van der Waals surface area contributed by atoms with E-state index in [1.807, 2.05) is 28.8 Å². The average Bonchev–Trinajstić information content (AvgIpc) is 2.98. The normalized spacial score (nSPS) is 12.3. The summed E-state index contributed by atoms with van der Waals surface area (Å²) in [5, 5.41) is 12.1. The second-order valence-electron chi connectivity index (χ2n) is 5.26. The van der Waals surface area contributed by atoms with E-state index in [1.165, 1.54) is 0 Å². The van der Waals surface area contributed by atoms with Crippen LogP contribution in [-0.2, 0) is 6.54 Å². The molecule has 1 amide bonds. The molecule has 7 heteroatoms. The van der Waals surface area contributed by atoms with Crippen LogP contribution in [0.1, 0.15) is 15.9 Å². The molecule has 0 fully saturated rings. The van der Waals surface area contributed by atoms with Gasteiger partial charge < -0.3 is 10.1 Å². The Bertz CT molecular complexity index is 932. The van der Waals surface area contributed by atoms with Gasteiger partial charge in [-0.1, -0.05) is 6.07 Å².